The number of nitrogens with two attached hydrogens (primary N) is 1. The predicted molar refractivity (Wildman–Crippen MR) is 400 cm³/mol. The van der Waals surface area contributed by atoms with Crippen LogP contribution in [0.5, 0.6) is 0 Å². The highest BCUT2D eigenvalue weighted by molar-refractivity contribution is 5.97. The largest absolute Gasteiger partial charge is 0.444 e. The second-order valence-electron chi connectivity index (χ2n) is 32.0. The number of nitrogens with one attached hydrogen (secondary N) is 15. The van der Waals surface area contributed by atoms with Crippen LogP contribution in [-0.2, 0) is 73.3 Å². The molecular weight excluding hydrogens is 1420 g/mol. The summed E-state index contributed by atoms with van der Waals surface area (Å²) in [6.07, 6.45) is -9.83. The monoisotopic (exact) mass is 1550 g/mol. The molecule has 37 heteroatoms. The summed E-state index contributed by atoms with van der Waals surface area (Å²) >= 11 is 0. The summed E-state index contributed by atoms with van der Waals surface area (Å²) in [5.41, 5.74) is 2.01. The Balaban J connectivity index is 3.02. The Labute approximate surface area is 639 Å². The lowest BCUT2D eigenvalue weighted by Gasteiger charge is -2.29. The van der Waals surface area contributed by atoms with E-state index in [4.69, 9.17) is 29.4 Å². The smallest absolute Gasteiger partial charge is 0.407 e. The third-order valence-electron chi connectivity index (χ3n) is 15.2. The van der Waals surface area contributed by atoms with E-state index >= 15 is 14.4 Å². The molecule has 1 aliphatic heterocycles. The van der Waals surface area contributed by atoms with Gasteiger partial charge >= 0.3 is 30.5 Å². The number of carbonyl (C=O) groups excluding carboxylic acids is 14. The summed E-state index contributed by atoms with van der Waals surface area (Å²) in [5, 5.41) is 61.5. The van der Waals surface area contributed by atoms with E-state index in [2.05, 4.69) is 79.8 Å². The van der Waals surface area contributed by atoms with Gasteiger partial charge in [-0.25, -0.2) is 24.0 Å². The van der Waals surface area contributed by atoms with Gasteiger partial charge in [0.15, 0.2) is 0 Å². The maximum absolute atomic E-state index is 15.1. The maximum Gasteiger partial charge on any atom is 0.407 e. The summed E-state index contributed by atoms with van der Waals surface area (Å²) in [5.74, 6) is -9.24. The van der Waals surface area contributed by atoms with Crippen LogP contribution in [-0.4, -0.2) is 240 Å². The average molecular weight is 1550 g/mol. The van der Waals surface area contributed by atoms with Gasteiger partial charge in [0.2, 0.25) is 53.2 Å². The van der Waals surface area contributed by atoms with Crippen molar-refractivity contribution in [2.45, 2.75) is 284 Å². The molecule has 1 aliphatic rings. The van der Waals surface area contributed by atoms with Crippen molar-refractivity contribution in [3.63, 3.8) is 0 Å². The summed E-state index contributed by atoms with van der Waals surface area (Å²) in [7, 11) is 0. The van der Waals surface area contributed by atoms with Gasteiger partial charge in [-0.2, -0.15) is 0 Å². The fourth-order valence-corrected chi connectivity index (χ4v) is 10.2. The first kappa shape index (κ1) is 95.7. The first-order valence-electron chi connectivity index (χ1n) is 36.7. The molecule has 1 aromatic rings. The van der Waals surface area contributed by atoms with Crippen molar-refractivity contribution in [2.75, 3.05) is 45.8 Å². The minimum Gasteiger partial charge on any atom is -0.444 e. The number of alkyl carbamates (subject to hydrolysis) is 5. The second-order valence-corrected chi connectivity index (χ2v) is 32.0. The molecule has 0 aromatic heterocycles. The molecule has 19 N–H and O–H groups in total. The van der Waals surface area contributed by atoms with E-state index in [0.717, 1.165) is 0 Å². The van der Waals surface area contributed by atoms with Gasteiger partial charge in [-0.15, -0.1) is 0 Å². The molecule has 1 heterocycles. The Morgan fingerprint density at radius 1 is 0.477 bits per heavy atom. The van der Waals surface area contributed by atoms with Crippen LogP contribution in [0.4, 0.5) is 24.0 Å². The van der Waals surface area contributed by atoms with Gasteiger partial charge in [0.05, 0.1) is 24.3 Å². The molecule has 1 aromatic carbocycles. The lowest BCUT2D eigenvalue weighted by Crippen LogP contribution is -2.61. The molecule has 14 amide bonds. The van der Waals surface area contributed by atoms with Gasteiger partial charge in [0, 0.05) is 58.3 Å². The quantitative estimate of drug-likeness (QED) is 0.0527. The number of amides is 14. The lowest BCUT2D eigenvalue weighted by atomic mass is 10.00. The summed E-state index contributed by atoms with van der Waals surface area (Å²) < 4.78 is 26.8. The highest BCUT2D eigenvalue weighted by Gasteiger charge is 2.38. The van der Waals surface area contributed by atoms with Gasteiger partial charge in [0.1, 0.15) is 70.3 Å². The number of carbonyl (C=O) groups is 14. The van der Waals surface area contributed by atoms with Gasteiger partial charge in [0.25, 0.3) is 0 Å². The fraction of sp³-hybridized carbons (Fsp3) is 0.722. The number of aliphatic hydroxyl groups is 2. The molecule has 109 heavy (non-hydrogen) atoms. The zero-order valence-corrected chi connectivity index (χ0v) is 66.7. The number of hydrogen-bond donors (Lipinski definition) is 18. The van der Waals surface area contributed by atoms with Crippen LogP contribution in [0, 0.1) is 5.92 Å². The van der Waals surface area contributed by atoms with E-state index in [1.807, 2.05) is 0 Å². The molecule has 1 saturated heterocycles. The molecule has 0 aliphatic carbocycles. The molecule has 1 fully saturated rings. The standard InChI is InChI=1S/C72H124N16O21/c1-40(2)37-50-59(96)83-48(29-35-78-66(103)108-71(14,15)16)57(94)82-49(30-36-79-67(104)109-72(17,18)19)58(95)88-52(41(3)89)61(98)74-31-25-44(39-80-46(27-33-76-64(101)106-69(8,9)10)55(92)86-51(60(97)85-50)38-43-23-21-20-22-24-43)81-56(93)47(28-34-77-65(102)107-70(11,12)13)84-62(99)53(42(4)90)87-54(91)45(73)26-32-75-63(100)105-68(5,6)7/h20-24,40-42,44-53,80,89-90H,25-39,73H2,1-19H3,(H,74,98)(H,75,100)(H,76,101)(H,77,102)(H,78,103)(H,79,104)(H,81,93)(H,82,94)(H,83,96)(H,84,99)(H,85,97)(H,86,92)(H,87,91)(H,88,95)/t41-,42?,44-,45-,46-,47-,48-,49-,50-,51+,52-,53-/m0/s1. The first-order chi connectivity index (χ1) is 50.3. The van der Waals surface area contributed by atoms with Gasteiger partial charge in [-0.3, -0.25) is 43.2 Å². The molecule has 0 radical (unpaired) electrons. The van der Waals surface area contributed by atoms with Crippen LogP contribution in [0.3, 0.4) is 0 Å². The Morgan fingerprint density at radius 3 is 1.29 bits per heavy atom. The molecule has 0 saturated carbocycles. The number of aliphatic hydroxyl groups excluding tert-OH is 2. The minimum absolute atomic E-state index is 0.0684. The van der Waals surface area contributed by atoms with Crippen LogP contribution in [0.2, 0.25) is 0 Å². The van der Waals surface area contributed by atoms with Crippen molar-refractivity contribution in [2.24, 2.45) is 11.7 Å². The van der Waals surface area contributed by atoms with Crippen molar-refractivity contribution in [1.29, 1.82) is 0 Å². The van der Waals surface area contributed by atoms with Gasteiger partial charge < -0.3 is 119 Å². The Kier molecular flexibility index (Phi) is 39.5. The van der Waals surface area contributed by atoms with Crippen molar-refractivity contribution >= 4 is 83.6 Å². The number of ether oxygens (including phenoxy) is 5. The highest BCUT2D eigenvalue weighted by Crippen LogP contribution is 2.15. The van der Waals surface area contributed by atoms with Crippen molar-refractivity contribution < 1.29 is 101 Å². The molecular formula is C72H124N16O21. The van der Waals surface area contributed by atoms with Crippen molar-refractivity contribution in [3.8, 4) is 0 Å². The Bertz CT molecular complexity index is 3180. The van der Waals surface area contributed by atoms with Gasteiger partial charge in [-0.1, -0.05) is 44.2 Å². The number of rotatable bonds is 27. The van der Waals surface area contributed by atoms with Crippen molar-refractivity contribution in [3.05, 3.63) is 35.9 Å². The fourth-order valence-electron chi connectivity index (χ4n) is 10.2. The summed E-state index contributed by atoms with van der Waals surface area (Å²) in [6, 6.07) is -7.06. The summed E-state index contributed by atoms with van der Waals surface area (Å²) in [6.45, 7) is 27.9. The van der Waals surface area contributed by atoms with Crippen LogP contribution in [0.1, 0.15) is 182 Å². The van der Waals surface area contributed by atoms with Crippen LogP contribution in [0.15, 0.2) is 30.3 Å². The maximum atomic E-state index is 15.1. The molecule has 1 unspecified atom stereocenters. The van der Waals surface area contributed by atoms with Crippen LogP contribution < -0.4 is 85.5 Å². The zero-order chi connectivity index (χ0) is 83.0. The van der Waals surface area contributed by atoms with E-state index in [0.29, 0.717) is 5.56 Å². The van der Waals surface area contributed by atoms with Crippen LogP contribution in [0.25, 0.3) is 0 Å². The second kappa shape index (κ2) is 45.0. The van der Waals surface area contributed by atoms with E-state index < -0.39 is 210 Å². The zero-order valence-electron chi connectivity index (χ0n) is 66.7. The Hall–Kier alpha value is -9.36. The predicted octanol–water partition coefficient (Wildman–Crippen LogP) is 0.295. The molecule has 0 spiro atoms. The van der Waals surface area contributed by atoms with E-state index in [-0.39, 0.29) is 77.2 Å². The number of benzene rings is 1. The van der Waals surface area contributed by atoms with Crippen molar-refractivity contribution in [1.82, 2.24) is 79.8 Å². The van der Waals surface area contributed by atoms with E-state index in [1.165, 1.54) is 13.8 Å². The van der Waals surface area contributed by atoms with E-state index in [9.17, 15) is 63.0 Å². The summed E-state index contributed by atoms with van der Waals surface area (Å²) in [4.78, 5) is 196. The first-order valence-corrected chi connectivity index (χ1v) is 36.7. The third kappa shape index (κ3) is 41.7. The highest BCUT2D eigenvalue weighted by atomic mass is 16.6. The third-order valence-corrected chi connectivity index (χ3v) is 15.2. The average Bonchev–Trinajstić information content (AvgIpc) is 1.20. The molecule has 2 rings (SSSR count). The van der Waals surface area contributed by atoms with Crippen LogP contribution >= 0.6 is 0 Å². The molecule has 618 valence electrons. The topological polar surface area (TPSA) is 532 Å². The SMILES string of the molecule is CC(C)C[C@@H]1NC(=O)[C@@H](Cc2ccccc2)NC(=O)[C@H](CCNC(=O)OC(C)(C)C)NC[C@@H](NC(=O)[C@H](CCNC(=O)OC(C)(C)C)NC(=O)[C@@H](NC(=O)[C@@H](N)CCNC(=O)OC(C)(C)C)C(C)O)CCNC(=O)[C@H]([C@H](C)O)NC(=O)[C@H](CCNC(=O)OC(C)(C)C)NC(=O)[C@H](CCNC(=O)OC(C)(C)C)NC1=O. The lowest BCUT2D eigenvalue weighted by molar-refractivity contribution is -0.136. The van der Waals surface area contributed by atoms with E-state index in [1.54, 1.807) is 148 Å². The molecule has 12 atom stereocenters. The minimum atomic E-state index is -1.82. The number of hydrogen-bond acceptors (Lipinski definition) is 23. The molecule has 0 bridgehead atoms. The molecule has 37 nitrogen and oxygen atoms in total. The van der Waals surface area contributed by atoms with Gasteiger partial charge in [-0.05, 0) is 174 Å². The normalized spacial score (nSPS) is 20.6. The Morgan fingerprint density at radius 2 is 0.862 bits per heavy atom.